The van der Waals surface area contributed by atoms with Crippen molar-refractivity contribution in [1.82, 2.24) is 4.98 Å². The molecule has 0 fully saturated rings. The molecule has 2 aromatic carbocycles. The first-order valence-electron chi connectivity index (χ1n) is 7.59. The van der Waals surface area contributed by atoms with E-state index in [4.69, 9.17) is 9.47 Å². The Morgan fingerprint density at radius 2 is 1.96 bits per heavy atom. The maximum atomic E-state index is 11.4. The lowest BCUT2D eigenvalue weighted by Crippen LogP contribution is -2.01. The van der Waals surface area contributed by atoms with Crippen LogP contribution in [0.4, 0.5) is 0 Å². The van der Waals surface area contributed by atoms with Crippen LogP contribution in [-0.2, 0) is 11.2 Å². The van der Waals surface area contributed by atoms with Crippen LogP contribution in [0.3, 0.4) is 0 Å². The number of para-hydroxylation sites is 1. The van der Waals surface area contributed by atoms with Gasteiger partial charge in [0.25, 0.3) is 0 Å². The van der Waals surface area contributed by atoms with E-state index < -0.39 is 5.97 Å². The predicted molar refractivity (Wildman–Crippen MR) is 92.9 cm³/mol. The highest BCUT2D eigenvalue weighted by atomic mass is 16.5. The summed E-state index contributed by atoms with van der Waals surface area (Å²) in [6.45, 7) is 2.00. The lowest BCUT2D eigenvalue weighted by Gasteiger charge is -2.11. The Morgan fingerprint density at radius 3 is 2.62 bits per heavy atom. The van der Waals surface area contributed by atoms with Crippen LogP contribution in [0.15, 0.2) is 36.4 Å². The van der Waals surface area contributed by atoms with Gasteiger partial charge >= 0.3 is 5.97 Å². The summed E-state index contributed by atoms with van der Waals surface area (Å²) in [7, 11) is 3.18. The molecule has 3 aromatic rings. The third-order valence-electron chi connectivity index (χ3n) is 4.16. The molecule has 0 saturated carbocycles. The molecule has 1 aromatic heterocycles. The molecule has 0 radical (unpaired) electrons. The first-order chi connectivity index (χ1) is 11.5. The number of carbonyl (C=O) groups is 1. The Bertz CT molecular complexity index is 911. The van der Waals surface area contributed by atoms with Crippen molar-refractivity contribution in [2.45, 2.75) is 13.3 Å². The second-order valence-electron chi connectivity index (χ2n) is 5.61. The molecule has 5 heteroatoms. The number of benzene rings is 2. The molecule has 0 aliphatic rings. The molecule has 3 rings (SSSR count). The number of aromatic nitrogens is 1. The van der Waals surface area contributed by atoms with Gasteiger partial charge in [0.2, 0.25) is 0 Å². The van der Waals surface area contributed by atoms with Gasteiger partial charge in [-0.2, -0.15) is 0 Å². The van der Waals surface area contributed by atoms with Crippen molar-refractivity contribution in [1.29, 1.82) is 0 Å². The normalized spacial score (nSPS) is 10.8. The van der Waals surface area contributed by atoms with E-state index in [0.29, 0.717) is 11.5 Å². The smallest absolute Gasteiger partial charge is 0.307 e. The first-order valence-corrected chi connectivity index (χ1v) is 7.59. The standard InChI is InChI=1S/C19H19NO4/c1-11-5-4-6-13-15(10-17(21)22)19(20-18(11)13)14-8-7-12(23-2)9-16(14)24-3/h4-9,20H,10H2,1-3H3,(H,21,22). The minimum Gasteiger partial charge on any atom is -0.497 e. The minimum absolute atomic E-state index is 0.0615. The number of carboxylic acid groups (broad SMARTS) is 1. The molecule has 5 nitrogen and oxygen atoms in total. The summed E-state index contributed by atoms with van der Waals surface area (Å²) in [6.07, 6.45) is -0.0615. The molecule has 0 bridgehead atoms. The maximum absolute atomic E-state index is 11.4. The summed E-state index contributed by atoms with van der Waals surface area (Å²) >= 11 is 0. The summed E-state index contributed by atoms with van der Waals surface area (Å²) in [6, 6.07) is 11.4. The fourth-order valence-corrected chi connectivity index (χ4v) is 2.99. The average molecular weight is 325 g/mol. The Balaban J connectivity index is 2.29. The molecule has 0 amide bonds. The van der Waals surface area contributed by atoms with E-state index in [2.05, 4.69) is 4.98 Å². The molecule has 124 valence electrons. The van der Waals surface area contributed by atoms with Gasteiger partial charge in [-0.15, -0.1) is 0 Å². The summed E-state index contributed by atoms with van der Waals surface area (Å²) in [5, 5.41) is 10.3. The van der Waals surface area contributed by atoms with Crippen molar-refractivity contribution in [3.8, 4) is 22.8 Å². The molecule has 0 aliphatic heterocycles. The third kappa shape index (κ3) is 2.69. The molecular formula is C19H19NO4. The molecule has 1 heterocycles. The van der Waals surface area contributed by atoms with Crippen molar-refractivity contribution >= 4 is 16.9 Å². The fraction of sp³-hybridized carbons (Fsp3) is 0.211. The molecule has 0 spiro atoms. The molecule has 0 atom stereocenters. The van der Waals surface area contributed by atoms with Crippen LogP contribution < -0.4 is 9.47 Å². The zero-order chi connectivity index (χ0) is 17.3. The zero-order valence-corrected chi connectivity index (χ0v) is 13.8. The summed E-state index contributed by atoms with van der Waals surface area (Å²) < 4.78 is 10.7. The number of aliphatic carboxylic acids is 1. The largest absolute Gasteiger partial charge is 0.497 e. The van der Waals surface area contributed by atoms with Crippen LogP contribution in [0.2, 0.25) is 0 Å². The molecule has 0 saturated heterocycles. The van der Waals surface area contributed by atoms with Gasteiger partial charge in [0.05, 0.1) is 26.3 Å². The van der Waals surface area contributed by atoms with Crippen molar-refractivity contribution in [2.75, 3.05) is 14.2 Å². The number of rotatable bonds is 5. The zero-order valence-electron chi connectivity index (χ0n) is 13.8. The van der Waals surface area contributed by atoms with Gasteiger partial charge < -0.3 is 19.6 Å². The number of ether oxygens (including phenoxy) is 2. The van der Waals surface area contributed by atoms with Crippen LogP contribution in [0.1, 0.15) is 11.1 Å². The highest BCUT2D eigenvalue weighted by molar-refractivity contribution is 5.96. The van der Waals surface area contributed by atoms with Gasteiger partial charge in [0.15, 0.2) is 0 Å². The summed E-state index contributed by atoms with van der Waals surface area (Å²) in [5.41, 5.74) is 4.34. The molecule has 0 aliphatic carbocycles. The van der Waals surface area contributed by atoms with Crippen molar-refractivity contribution < 1.29 is 19.4 Å². The van der Waals surface area contributed by atoms with E-state index >= 15 is 0 Å². The number of hydrogen-bond donors (Lipinski definition) is 2. The van der Waals surface area contributed by atoms with Gasteiger partial charge in [-0.05, 0) is 30.2 Å². The Hall–Kier alpha value is -2.95. The van der Waals surface area contributed by atoms with Crippen LogP contribution >= 0.6 is 0 Å². The number of nitrogens with one attached hydrogen (secondary N) is 1. The number of hydrogen-bond acceptors (Lipinski definition) is 3. The van der Waals surface area contributed by atoms with Gasteiger partial charge in [-0.3, -0.25) is 4.79 Å². The molecule has 0 unspecified atom stereocenters. The predicted octanol–water partition coefficient (Wildman–Crippen LogP) is 3.79. The topological polar surface area (TPSA) is 71.6 Å². The van der Waals surface area contributed by atoms with Crippen molar-refractivity contribution in [3.63, 3.8) is 0 Å². The van der Waals surface area contributed by atoms with E-state index in [1.807, 2.05) is 37.3 Å². The fourth-order valence-electron chi connectivity index (χ4n) is 2.99. The SMILES string of the molecule is COc1ccc(-c2[nH]c3c(C)cccc3c2CC(=O)O)c(OC)c1. The van der Waals surface area contributed by atoms with E-state index in [-0.39, 0.29) is 6.42 Å². The van der Waals surface area contributed by atoms with Crippen molar-refractivity contribution in [2.24, 2.45) is 0 Å². The monoisotopic (exact) mass is 325 g/mol. The van der Waals surface area contributed by atoms with Crippen LogP contribution in [0.5, 0.6) is 11.5 Å². The highest BCUT2D eigenvalue weighted by Gasteiger charge is 2.19. The second kappa shape index (κ2) is 6.28. The average Bonchev–Trinajstić information content (AvgIpc) is 2.93. The number of fused-ring (bicyclic) bond motifs is 1. The van der Waals surface area contributed by atoms with Gasteiger partial charge in [0, 0.05) is 22.5 Å². The maximum Gasteiger partial charge on any atom is 0.307 e. The van der Waals surface area contributed by atoms with Gasteiger partial charge in [0.1, 0.15) is 11.5 Å². The molecule has 24 heavy (non-hydrogen) atoms. The number of H-pyrrole nitrogens is 1. The van der Waals surface area contributed by atoms with Crippen LogP contribution in [0, 0.1) is 6.92 Å². The Kier molecular flexibility index (Phi) is 4.16. The van der Waals surface area contributed by atoms with E-state index in [1.54, 1.807) is 20.3 Å². The van der Waals surface area contributed by atoms with Crippen LogP contribution in [-0.4, -0.2) is 30.3 Å². The van der Waals surface area contributed by atoms with Crippen LogP contribution in [0.25, 0.3) is 22.2 Å². The molecule has 2 N–H and O–H groups in total. The Labute approximate surface area is 139 Å². The quantitative estimate of drug-likeness (QED) is 0.749. The second-order valence-corrected chi connectivity index (χ2v) is 5.61. The Morgan fingerprint density at radius 1 is 1.17 bits per heavy atom. The number of methoxy groups -OCH3 is 2. The minimum atomic E-state index is -0.869. The van der Waals surface area contributed by atoms with E-state index in [0.717, 1.165) is 33.3 Å². The summed E-state index contributed by atoms with van der Waals surface area (Å²) in [5.74, 6) is 0.444. The van der Waals surface area contributed by atoms with E-state index in [9.17, 15) is 9.90 Å². The van der Waals surface area contributed by atoms with Gasteiger partial charge in [-0.1, -0.05) is 18.2 Å². The number of aryl methyl sites for hydroxylation is 1. The highest BCUT2D eigenvalue weighted by Crippen LogP contribution is 2.38. The summed E-state index contributed by atoms with van der Waals surface area (Å²) in [4.78, 5) is 14.8. The van der Waals surface area contributed by atoms with Crippen molar-refractivity contribution in [3.05, 3.63) is 47.5 Å². The number of aromatic amines is 1. The van der Waals surface area contributed by atoms with Gasteiger partial charge in [-0.25, -0.2) is 0 Å². The lowest BCUT2D eigenvalue weighted by atomic mass is 10.0. The van der Waals surface area contributed by atoms with E-state index in [1.165, 1.54) is 0 Å². The third-order valence-corrected chi connectivity index (χ3v) is 4.16. The molecular weight excluding hydrogens is 306 g/mol. The first kappa shape index (κ1) is 15.9. The number of carboxylic acids is 1. The lowest BCUT2D eigenvalue weighted by molar-refractivity contribution is -0.136.